The molecule has 30 heavy (non-hydrogen) atoms. The quantitative estimate of drug-likeness (QED) is 0.376. The molecule has 4 fully saturated rings. The first kappa shape index (κ1) is 22.7. The van der Waals surface area contributed by atoms with Crippen LogP contribution in [0.15, 0.2) is 0 Å². The number of hydrogen-bond acceptors (Lipinski definition) is 5. The molecule has 4 aliphatic carbocycles. The van der Waals surface area contributed by atoms with Gasteiger partial charge in [-0.25, -0.2) is 0 Å². The van der Waals surface area contributed by atoms with Gasteiger partial charge in [0.25, 0.3) is 0 Å². The fourth-order valence-corrected chi connectivity index (χ4v) is 6.43. The molecule has 0 heterocycles. The van der Waals surface area contributed by atoms with Crippen LogP contribution in [0.4, 0.5) is 0 Å². The van der Waals surface area contributed by atoms with E-state index in [-0.39, 0.29) is 36.9 Å². The molecule has 0 aromatic rings. The van der Waals surface area contributed by atoms with Gasteiger partial charge in [0.2, 0.25) is 5.91 Å². The number of nitrogens with one attached hydrogen (secondary N) is 1. The van der Waals surface area contributed by atoms with Crippen molar-refractivity contribution in [1.82, 2.24) is 5.32 Å². The highest BCUT2D eigenvalue weighted by molar-refractivity contribution is 5.91. The number of hydrogen-bond donors (Lipinski definition) is 4. The highest BCUT2D eigenvalue weighted by Gasteiger charge is 2.50. The second-order valence-corrected chi connectivity index (χ2v) is 9.92. The fourth-order valence-electron chi connectivity index (χ4n) is 6.43. The fraction of sp³-hybridized carbons (Fsp3) is 0.818. The maximum Gasteiger partial charge on any atom is 0.303 e. The van der Waals surface area contributed by atoms with Crippen molar-refractivity contribution >= 4 is 23.6 Å². The van der Waals surface area contributed by atoms with Crippen LogP contribution in [0.1, 0.15) is 77.0 Å². The van der Waals surface area contributed by atoms with Gasteiger partial charge in [-0.2, -0.15) is 0 Å². The van der Waals surface area contributed by atoms with Crippen LogP contribution in [0.25, 0.3) is 0 Å². The molecular weight excluding hydrogens is 388 g/mol. The second kappa shape index (κ2) is 9.45. The molecule has 0 saturated heterocycles. The zero-order chi connectivity index (χ0) is 21.9. The summed E-state index contributed by atoms with van der Waals surface area (Å²) in [6.45, 7) is 0. The summed E-state index contributed by atoms with van der Waals surface area (Å²) in [5.41, 5.74) is 5.98. The molecule has 4 saturated carbocycles. The molecule has 0 aliphatic heterocycles. The van der Waals surface area contributed by atoms with Crippen molar-refractivity contribution in [2.75, 3.05) is 0 Å². The molecule has 5 N–H and O–H groups in total. The van der Waals surface area contributed by atoms with E-state index in [1.807, 2.05) is 0 Å². The molecule has 0 radical (unpaired) electrons. The number of ketones is 1. The van der Waals surface area contributed by atoms with E-state index in [4.69, 9.17) is 15.9 Å². The highest BCUT2D eigenvalue weighted by atomic mass is 16.4. The zero-order valence-electron chi connectivity index (χ0n) is 17.5. The van der Waals surface area contributed by atoms with Crippen molar-refractivity contribution in [2.45, 2.75) is 89.1 Å². The molecule has 0 aromatic heterocycles. The third-order valence-electron chi connectivity index (χ3n) is 7.42. The van der Waals surface area contributed by atoms with Gasteiger partial charge in [0, 0.05) is 19.3 Å². The van der Waals surface area contributed by atoms with Crippen molar-refractivity contribution in [1.29, 1.82) is 0 Å². The summed E-state index contributed by atoms with van der Waals surface area (Å²) >= 11 is 0. The third kappa shape index (κ3) is 5.80. The maximum atomic E-state index is 12.9. The lowest BCUT2D eigenvalue weighted by Crippen LogP contribution is -2.49. The Bertz CT molecular complexity index is 656. The van der Waals surface area contributed by atoms with Crippen molar-refractivity contribution < 1.29 is 29.4 Å². The van der Waals surface area contributed by atoms with Gasteiger partial charge < -0.3 is 21.3 Å². The van der Waals surface area contributed by atoms with Gasteiger partial charge in [-0.15, -0.1) is 0 Å². The largest absolute Gasteiger partial charge is 0.481 e. The Hall–Kier alpha value is -1.96. The maximum absolute atomic E-state index is 12.9. The molecule has 4 rings (SSSR count). The summed E-state index contributed by atoms with van der Waals surface area (Å²) < 4.78 is 0. The first-order chi connectivity index (χ1) is 14.2. The van der Waals surface area contributed by atoms with Gasteiger partial charge in [0.1, 0.15) is 0 Å². The van der Waals surface area contributed by atoms with Gasteiger partial charge in [-0.3, -0.25) is 19.2 Å². The Morgan fingerprint density at radius 1 is 0.867 bits per heavy atom. The smallest absolute Gasteiger partial charge is 0.303 e. The lowest BCUT2D eigenvalue weighted by atomic mass is 9.48. The number of Topliss-reactive ketones (excluding diaryl/α,β-unsaturated/α-hetero) is 1. The molecule has 0 spiro atoms. The minimum atomic E-state index is -1.05. The Morgan fingerprint density at radius 2 is 1.37 bits per heavy atom. The first-order valence-electron chi connectivity index (χ1n) is 11.2. The van der Waals surface area contributed by atoms with Crippen LogP contribution in [-0.4, -0.2) is 45.9 Å². The standard InChI is InChI=1S/C22H34N2O6/c23-16(1-3-19(26)27)21(30)24-17(2-4-20(28)29)18(25)5-6-22-10-13-7-14(11-22)9-15(8-13)12-22/h13-17H,1-12,23H2,(H,24,30)(H,26,27)(H,28,29)/t13?,14?,15?,16-,17+,22?/m0/s1. The van der Waals surface area contributed by atoms with E-state index in [9.17, 15) is 19.2 Å². The summed E-state index contributed by atoms with van der Waals surface area (Å²) in [7, 11) is 0. The number of carbonyl (C=O) groups excluding carboxylic acids is 2. The number of carboxylic acid groups (broad SMARTS) is 2. The van der Waals surface area contributed by atoms with Crippen LogP contribution in [0.2, 0.25) is 0 Å². The Morgan fingerprint density at radius 3 is 1.87 bits per heavy atom. The van der Waals surface area contributed by atoms with Crippen molar-refractivity contribution in [2.24, 2.45) is 28.9 Å². The number of carbonyl (C=O) groups is 4. The normalized spacial score (nSPS) is 31.2. The van der Waals surface area contributed by atoms with E-state index in [2.05, 4.69) is 5.32 Å². The second-order valence-electron chi connectivity index (χ2n) is 9.92. The number of aliphatic carboxylic acids is 2. The van der Waals surface area contributed by atoms with Gasteiger partial charge in [0.05, 0.1) is 12.1 Å². The van der Waals surface area contributed by atoms with E-state index >= 15 is 0 Å². The summed E-state index contributed by atoms with van der Waals surface area (Å²) in [4.78, 5) is 46.9. The van der Waals surface area contributed by atoms with Crippen LogP contribution in [0.3, 0.4) is 0 Å². The number of amides is 1. The Balaban J connectivity index is 1.56. The minimum Gasteiger partial charge on any atom is -0.481 e. The van der Waals surface area contributed by atoms with E-state index < -0.39 is 29.9 Å². The Kier molecular flexibility index (Phi) is 7.16. The SMILES string of the molecule is N[C@@H](CCC(=O)O)C(=O)N[C@H](CCC(=O)O)C(=O)CCC12CC3CC(CC(C3)C1)C2. The van der Waals surface area contributed by atoms with Crippen LogP contribution in [0.5, 0.6) is 0 Å². The summed E-state index contributed by atoms with van der Waals surface area (Å²) in [6.07, 6.45) is 8.24. The monoisotopic (exact) mass is 422 g/mol. The average Bonchev–Trinajstić information content (AvgIpc) is 2.66. The zero-order valence-corrected chi connectivity index (χ0v) is 17.5. The predicted octanol–water partition coefficient (Wildman–Crippen LogP) is 2.09. The van der Waals surface area contributed by atoms with Crippen LogP contribution < -0.4 is 11.1 Å². The van der Waals surface area contributed by atoms with Gasteiger partial charge in [-0.1, -0.05) is 0 Å². The third-order valence-corrected chi connectivity index (χ3v) is 7.42. The summed E-state index contributed by atoms with van der Waals surface area (Å²) in [5.74, 6) is -0.450. The van der Waals surface area contributed by atoms with Crippen molar-refractivity contribution in [3.63, 3.8) is 0 Å². The molecule has 1 amide bonds. The van der Waals surface area contributed by atoms with E-state index in [1.54, 1.807) is 0 Å². The Labute approximate surface area is 177 Å². The molecule has 8 nitrogen and oxygen atoms in total. The summed E-state index contributed by atoms with van der Waals surface area (Å²) in [6, 6.07) is -1.93. The van der Waals surface area contributed by atoms with Gasteiger partial charge in [0.15, 0.2) is 5.78 Å². The van der Waals surface area contributed by atoms with Gasteiger partial charge >= 0.3 is 11.9 Å². The van der Waals surface area contributed by atoms with E-state index in [0.717, 1.165) is 24.2 Å². The lowest BCUT2D eigenvalue weighted by Gasteiger charge is -2.57. The van der Waals surface area contributed by atoms with Gasteiger partial charge in [-0.05, 0) is 81.0 Å². The molecule has 4 bridgehead atoms. The minimum absolute atomic E-state index is 0.0203. The highest BCUT2D eigenvalue weighted by Crippen LogP contribution is 2.61. The number of carboxylic acids is 2. The van der Waals surface area contributed by atoms with Crippen LogP contribution in [-0.2, 0) is 19.2 Å². The molecule has 0 aromatic carbocycles. The molecule has 2 atom stereocenters. The number of rotatable bonds is 12. The van der Waals surface area contributed by atoms with Crippen LogP contribution in [0, 0.1) is 23.2 Å². The van der Waals surface area contributed by atoms with E-state index in [1.165, 1.54) is 38.5 Å². The average molecular weight is 423 g/mol. The number of nitrogens with two attached hydrogens (primary N) is 1. The lowest BCUT2D eigenvalue weighted by molar-refractivity contribution is -0.139. The van der Waals surface area contributed by atoms with E-state index in [0.29, 0.717) is 6.42 Å². The topological polar surface area (TPSA) is 147 Å². The van der Waals surface area contributed by atoms with Crippen molar-refractivity contribution in [3.8, 4) is 0 Å². The first-order valence-corrected chi connectivity index (χ1v) is 11.2. The molecular formula is C22H34N2O6. The molecule has 4 aliphatic rings. The van der Waals surface area contributed by atoms with Crippen molar-refractivity contribution in [3.05, 3.63) is 0 Å². The molecule has 168 valence electrons. The summed E-state index contributed by atoms with van der Waals surface area (Å²) in [5, 5.41) is 20.3. The predicted molar refractivity (Wildman–Crippen MR) is 108 cm³/mol. The molecule has 8 heteroatoms. The van der Waals surface area contributed by atoms with Crippen LogP contribution >= 0.6 is 0 Å². The molecule has 0 unspecified atom stereocenters.